The topological polar surface area (TPSA) is 90.5 Å². The summed E-state index contributed by atoms with van der Waals surface area (Å²) in [5, 5.41) is 9.74. The molecule has 0 radical (unpaired) electrons. The summed E-state index contributed by atoms with van der Waals surface area (Å²) in [4.78, 5) is 19.7. The molecule has 124 valence electrons. The third kappa shape index (κ3) is 3.56. The van der Waals surface area contributed by atoms with E-state index in [9.17, 15) is 18.0 Å². The number of carbonyl (C=O) groups excluding carboxylic acids is 1. The van der Waals surface area contributed by atoms with Gasteiger partial charge in [0.15, 0.2) is 11.5 Å². The van der Waals surface area contributed by atoms with Crippen LogP contribution in [-0.2, 0) is 17.5 Å². The summed E-state index contributed by atoms with van der Waals surface area (Å²) in [5.74, 6) is -0.0190. The molecule has 3 rings (SSSR count). The highest BCUT2D eigenvalue weighted by atomic mass is 19.4. The second-order valence-electron chi connectivity index (χ2n) is 4.69. The van der Waals surface area contributed by atoms with Crippen molar-refractivity contribution in [3.8, 4) is 5.82 Å². The van der Waals surface area contributed by atoms with E-state index in [1.807, 2.05) is 0 Å². The number of halogens is 3. The highest BCUT2D eigenvalue weighted by Crippen LogP contribution is 2.27. The van der Waals surface area contributed by atoms with Crippen LogP contribution in [0, 0.1) is 0 Å². The van der Waals surface area contributed by atoms with Gasteiger partial charge in [-0.25, -0.2) is 14.6 Å². The van der Waals surface area contributed by atoms with Crippen LogP contribution in [-0.4, -0.2) is 35.4 Å². The molecule has 0 saturated heterocycles. The SMILES string of the molecule is O=C(Cn1ccc(C(F)(F)F)n1)Nc1ccc(-n2cncn2)nc1. The van der Waals surface area contributed by atoms with Gasteiger partial charge in [0.1, 0.15) is 19.2 Å². The zero-order valence-electron chi connectivity index (χ0n) is 12.0. The highest BCUT2D eigenvalue weighted by Gasteiger charge is 2.33. The number of anilines is 1. The van der Waals surface area contributed by atoms with E-state index >= 15 is 0 Å². The Bertz CT molecular complexity index is 824. The monoisotopic (exact) mass is 337 g/mol. The number of pyridine rings is 1. The molecule has 3 aromatic rings. The lowest BCUT2D eigenvalue weighted by atomic mass is 10.4. The van der Waals surface area contributed by atoms with Gasteiger partial charge in [-0.05, 0) is 18.2 Å². The van der Waals surface area contributed by atoms with Crippen LogP contribution in [0.25, 0.3) is 5.82 Å². The van der Waals surface area contributed by atoms with E-state index in [-0.39, 0.29) is 6.54 Å². The third-order valence-corrected chi connectivity index (χ3v) is 2.92. The fourth-order valence-corrected chi connectivity index (χ4v) is 1.87. The first-order chi connectivity index (χ1) is 11.4. The molecule has 0 aliphatic carbocycles. The molecule has 0 aromatic carbocycles. The largest absolute Gasteiger partial charge is 0.435 e. The highest BCUT2D eigenvalue weighted by molar-refractivity contribution is 5.90. The molecule has 24 heavy (non-hydrogen) atoms. The van der Waals surface area contributed by atoms with Crippen molar-refractivity contribution in [3.63, 3.8) is 0 Å². The van der Waals surface area contributed by atoms with Crippen LogP contribution in [0.4, 0.5) is 18.9 Å². The van der Waals surface area contributed by atoms with Gasteiger partial charge in [-0.3, -0.25) is 9.48 Å². The van der Waals surface area contributed by atoms with Gasteiger partial charge < -0.3 is 5.32 Å². The average Bonchev–Trinajstić information content (AvgIpc) is 3.18. The van der Waals surface area contributed by atoms with E-state index in [0.717, 1.165) is 16.9 Å². The van der Waals surface area contributed by atoms with Crippen molar-refractivity contribution in [2.75, 3.05) is 5.32 Å². The molecule has 11 heteroatoms. The molecule has 1 N–H and O–H groups in total. The Balaban J connectivity index is 1.61. The van der Waals surface area contributed by atoms with Crippen molar-refractivity contribution in [3.05, 3.63) is 48.9 Å². The fraction of sp³-hybridized carbons (Fsp3) is 0.154. The Morgan fingerprint density at radius 3 is 2.67 bits per heavy atom. The zero-order chi connectivity index (χ0) is 17.2. The minimum atomic E-state index is -4.54. The Kier molecular flexibility index (Phi) is 3.98. The van der Waals surface area contributed by atoms with Crippen molar-refractivity contribution in [1.82, 2.24) is 29.5 Å². The molecule has 0 aliphatic heterocycles. The van der Waals surface area contributed by atoms with E-state index in [2.05, 4.69) is 25.5 Å². The molecule has 0 atom stereocenters. The first kappa shape index (κ1) is 15.6. The van der Waals surface area contributed by atoms with Crippen LogP contribution < -0.4 is 5.32 Å². The normalized spacial score (nSPS) is 11.5. The molecule has 8 nitrogen and oxygen atoms in total. The van der Waals surface area contributed by atoms with Crippen LogP contribution >= 0.6 is 0 Å². The second kappa shape index (κ2) is 6.10. The van der Waals surface area contributed by atoms with Gasteiger partial charge in [0.2, 0.25) is 5.91 Å². The standard InChI is InChI=1S/C13H10F3N7O/c14-13(15,16)10-3-4-22(21-10)6-12(24)20-9-1-2-11(18-5-9)23-8-17-7-19-23/h1-5,7-8H,6H2,(H,20,24). The quantitative estimate of drug-likeness (QED) is 0.779. The second-order valence-corrected chi connectivity index (χ2v) is 4.69. The molecule has 0 saturated carbocycles. The van der Waals surface area contributed by atoms with Gasteiger partial charge in [-0.2, -0.15) is 23.4 Å². The number of aromatic nitrogens is 6. The Hall–Kier alpha value is -3.24. The first-order valence-corrected chi connectivity index (χ1v) is 6.63. The number of nitrogens with zero attached hydrogens (tertiary/aromatic N) is 6. The van der Waals surface area contributed by atoms with E-state index in [4.69, 9.17) is 0 Å². The molecule has 0 spiro atoms. The summed E-state index contributed by atoms with van der Waals surface area (Å²) in [6.45, 7) is -0.346. The summed E-state index contributed by atoms with van der Waals surface area (Å²) in [7, 11) is 0. The maximum absolute atomic E-state index is 12.4. The smallest absolute Gasteiger partial charge is 0.323 e. The number of alkyl halides is 3. The van der Waals surface area contributed by atoms with E-state index in [1.165, 1.54) is 23.5 Å². The zero-order valence-corrected chi connectivity index (χ0v) is 12.0. The summed E-state index contributed by atoms with van der Waals surface area (Å²) < 4.78 is 39.7. The molecule has 3 heterocycles. The van der Waals surface area contributed by atoms with Crippen LogP contribution in [0.3, 0.4) is 0 Å². The molecule has 0 fully saturated rings. The Labute approximate surface area is 133 Å². The number of hydrogen-bond acceptors (Lipinski definition) is 5. The third-order valence-electron chi connectivity index (χ3n) is 2.92. The van der Waals surface area contributed by atoms with Gasteiger partial charge in [0.05, 0.1) is 11.9 Å². The molecular weight excluding hydrogens is 327 g/mol. The van der Waals surface area contributed by atoms with Gasteiger partial charge in [0.25, 0.3) is 0 Å². The van der Waals surface area contributed by atoms with E-state index < -0.39 is 17.8 Å². The number of nitrogens with one attached hydrogen (secondary N) is 1. The maximum Gasteiger partial charge on any atom is 0.435 e. The predicted molar refractivity (Wildman–Crippen MR) is 75.0 cm³/mol. The predicted octanol–water partition coefficient (Wildman–Crippen LogP) is 1.52. The minimum Gasteiger partial charge on any atom is -0.323 e. The van der Waals surface area contributed by atoms with Gasteiger partial charge in [-0.15, -0.1) is 0 Å². The number of carbonyl (C=O) groups is 1. The van der Waals surface area contributed by atoms with Crippen LogP contribution in [0.15, 0.2) is 43.2 Å². The lowest BCUT2D eigenvalue weighted by Crippen LogP contribution is -2.20. The summed E-state index contributed by atoms with van der Waals surface area (Å²) in [6.07, 6.45) is 0.781. The van der Waals surface area contributed by atoms with Crippen molar-refractivity contribution in [2.24, 2.45) is 0 Å². The summed E-state index contributed by atoms with van der Waals surface area (Å²) >= 11 is 0. The number of rotatable bonds is 4. The molecule has 0 bridgehead atoms. The maximum atomic E-state index is 12.4. The van der Waals surface area contributed by atoms with E-state index in [0.29, 0.717) is 11.5 Å². The van der Waals surface area contributed by atoms with Crippen molar-refractivity contribution in [2.45, 2.75) is 12.7 Å². The fourth-order valence-electron chi connectivity index (χ4n) is 1.87. The summed E-state index contributed by atoms with van der Waals surface area (Å²) in [6, 6.07) is 4.01. The Morgan fingerprint density at radius 2 is 2.08 bits per heavy atom. The first-order valence-electron chi connectivity index (χ1n) is 6.63. The lowest BCUT2D eigenvalue weighted by Gasteiger charge is -2.06. The van der Waals surface area contributed by atoms with Crippen molar-refractivity contribution in [1.29, 1.82) is 0 Å². The molecule has 0 aliphatic rings. The number of amides is 1. The van der Waals surface area contributed by atoms with Gasteiger partial charge in [-0.1, -0.05) is 0 Å². The average molecular weight is 337 g/mol. The Morgan fingerprint density at radius 1 is 1.25 bits per heavy atom. The lowest BCUT2D eigenvalue weighted by molar-refractivity contribution is -0.141. The van der Waals surface area contributed by atoms with Crippen LogP contribution in [0.1, 0.15) is 5.69 Å². The van der Waals surface area contributed by atoms with Crippen molar-refractivity contribution < 1.29 is 18.0 Å². The van der Waals surface area contributed by atoms with E-state index in [1.54, 1.807) is 12.1 Å². The van der Waals surface area contributed by atoms with Crippen LogP contribution in [0.2, 0.25) is 0 Å². The summed E-state index contributed by atoms with van der Waals surface area (Å²) in [5.41, 5.74) is -0.652. The van der Waals surface area contributed by atoms with Gasteiger partial charge in [0, 0.05) is 6.20 Å². The molecule has 1 amide bonds. The van der Waals surface area contributed by atoms with Gasteiger partial charge >= 0.3 is 6.18 Å². The minimum absolute atomic E-state index is 0.346. The molecule has 0 unspecified atom stereocenters. The van der Waals surface area contributed by atoms with Crippen LogP contribution in [0.5, 0.6) is 0 Å². The van der Waals surface area contributed by atoms with Crippen molar-refractivity contribution >= 4 is 11.6 Å². The molecular formula is C13H10F3N7O. The molecule has 3 aromatic heterocycles. The number of hydrogen-bond donors (Lipinski definition) is 1.